The van der Waals surface area contributed by atoms with E-state index in [9.17, 15) is 4.79 Å². The summed E-state index contributed by atoms with van der Waals surface area (Å²) in [4.78, 5) is 19.2. The van der Waals surface area contributed by atoms with E-state index in [1.165, 1.54) is 0 Å². The number of nitrogens with one attached hydrogen (secondary N) is 1. The Bertz CT molecular complexity index is 963. The average molecular weight is 428 g/mol. The van der Waals surface area contributed by atoms with Crippen molar-refractivity contribution in [1.29, 1.82) is 0 Å². The van der Waals surface area contributed by atoms with Crippen molar-refractivity contribution in [1.82, 2.24) is 15.2 Å². The van der Waals surface area contributed by atoms with Crippen molar-refractivity contribution in [3.05, 3.63) is 86.8 Å². The summed E-state index contributed by atoms with van der Waals surface area (Å²) in [6.45, 7) is 3.56. The van der Waals surface area contributed by atoms with Gasteiger partial charge in [-0.2, -0.15) is 0 Å². The topological polar surface area (TPSA) is 54.5 Å². The molecule has 0 aliphatic carbocycles. The Balaban J connectivity index is 1.31. The van der Waals surface area contributed by atoms with Crippen LogP contribution in [0, 0.1) is 0 Å². The first-order valence-corrected chi connectivity index (χ1v) is 10.8. The maximum atomic E-state index is 12.2. The first kappa shape index (κ1) is 20.0. The second-order valence-electron chi connectivity index (χ2n) is 6.93. The van der Waals surface area contributed by atoms with Crippen molar-refractivity contribution in [2.75, 3.05) is 19.7 Å². The van der Waals surface area contributed by atoms with Gasteiger partial charge >= 0.3 is 0 Å². The van der Waals surface area contributed by atoms with Crippen LogP contribution in [0.25, 0.3) is 0 Å². The van der Waals surface area contributed by atoms with Gasteiger partial charge in [-0.25, -0.2) is 4.98 Å². The first-order chi connectivity index (χ1) is 14.2. The van der Waals surface area contributed by atoms with Crippen LogP contribution in [-0.4, -0.2) is 35.5 Å². The van der Waals surface area contributed by atoms with Crippen LogP contribution in [0.3, 0.4) is 0 Å². The first-order valence-electron chi connectivity index (χ1n) is 9.53. The molecule has 0 bridgehead atoms. The number of carbonyl (C=O) groups is 1. The molecule has 1 aliphatic heterocycles. The molecule has 1 N–H and O–H groups in total. The van der Waals surface area contributed by atoms with Crippen molar-refractivity contribution in [2.24, 2.45) is 0 Å². The number of carbonyl (C=O) groups excluding carboxylic acids is 1. The van der Waals surface area contributed by atoms with E-state index >= 15 is 0 Å². The van der Waals surface area contributed by atoms with E-state index in [0.717, 1.165) is 40.9 Å². The van der Waals surface area contributed by atoms with Gasteiger partial charge in [-0.15, -0.1) is 11.3 Å². The molecule has 5 nitrogen and oxygen atoms in total. The van der Waals surface area contributed by atoms with Crippen LogP contribution in [0.5, 0.6) is 0 Å². The molecule has 1 atom stereocenters. The quantitative estimate of drug-likeness (QED) is 0.637. The van der Waals surface area contributed by atoms with E-state index in [2.05, 4.69) is 26.6 Å². The van der Waals surface area contributed by atoms with E-state index in [4.69, 9.17) is 16.3 Å². The number of amides is 1. The summed E-state index contributed by atoms with van der Waals surface area (Å²) >= 11 is 7.69. The second-order valence-corrected chi connectivity index (χ2v) is 8.31. The molecule has 0 saturated carbocycles. The number of hydrogen-bond donors (Lipinski definition) is 1. The lowest BCUT2D eigenvalue weighted by Crippen LogP contribution is -2.37. The Hall–Kier alpha value is -2.25. The van der Waals surface area contributed by atoms with Gasteiger partial charge in [0.15, 0.2) is 0 Å². The molecule has 3 aromatic rings. The van der Waals surface area contributed by atoms with Gasteiger partial charge in [0.25, 0.3) is 5.91 Å². The molecule has 1 saturated heterocycles. The predicted molar refractivity (Wildman–Crippen MR) is 115 cm³/mol. The maximum Gasteiger partial charge on any atom is 0.251 e. The maximum absolute atomic E-state index is 12.2. The van der Waals surface area contributed by atoms with Crippen LogP contribution in [-0.2, 0) is 17.8 Å². The highest BCUT2D eigenvalue weighted by Gasteiger charge is 2.23. The van der Waals surface area contributed by atoms with Gasteiger partial charge < -0.3 is 10.1 Å². The minimum absolute atomic E-state index is 0.0192. The fourth-order valence-electron chi connectivity index (χ4n) is 3.33. The molecule has 7 heteroatoms. The normalized spacial score (nSPS) is 17.2. The van der Waals surface area contributed by atoms with Crippen molar-refractivity contribution in [3.63, 3.8) is 0 Å². The standard InChI is InChI=1S/C22H22ClN3O2S/c23-18-8-4-7-17(11-18)20-14-26(9-10-28-20)13-19-15-29-21(25-19)12-24-22(27)16-5-2-1-3-6-16/h1-8,11,15,20H,9-10,12-14H2,(H,24,27). The highest BCUT2D eigenvalue weighted by molar-refractivity contribution is 7.09. The minimum atomic E-state index is -0.0834. The summed E-state index contributed by atoms with van der Waals surface area (Å²) in [6.07, 6.45) is 0.0192. The molecule has 0 spiro atoms. The van der Waals surface area contributed by atoms with E-state index in [-0.39, 0.29) is 12.0 Å². The molecule has 1 aliphatic rings. The second kappa shape index (κ2) is 9.50. The number of nitrogens with zero attached hydrogens (tertiary/aromatic N) is 2. The van der Waals surface area contributed by atoms with E-state index < -0.39 is 0 Å². The van der Waals surface area contributed by atoms with Gasteiger partial charge in [0.05, 0.1) is 24.9 Å². The Morgan fingerprint density at radius 2 is 2.10 bits per heavy atom. The molecular formula is C22H22ClN3O2S. The predicted octanol–water partition coefficient (Wildman–Crippen LogP) is 4.30. The van der Waals surface area contributed by atoms with Crippen LogP contribution in [0.1, 0.15) is 32.7 Å². The number of hydrogen-bond acceptors (Lipinski definition) is 5. The number of aromatic nitrogens is 1. The largest absolute Gasteiger partial charge is 0.371 e. The van der Waals surface area contributed by atoms with Crippen LogP contribution >= 0.6 is 22.9 Å². The molecule has 1 aromatic heterocycles. The summed E-state index contributed by atoms with van der Waals surface area (Å²) in [7, 11) is 0. The number of morpholine rings is 1. The summed E-state index contributed by atoms with van der Waals surface area (Å²) in [6, 6.07) is 17.1. The molecule has 29 heavy (non-hydrogen) atoms. The Kier molecular flexibility index (Phi) is 6.56. The third-order valence-corrected chi connectivity index (χ3v) is 5.92. The van der Waals surface area contributed by atoms with Crippen LogP contribution in [0.2, 0.25) is 5.02 Å². The Morgan fingerprint density at radius 3 is 2.93 bits per heavy atom. The van der Waals surface area contributed by atoms with Crippen LogP contribution in [0.15, 0.2) is 60.0 Å². The molecule has 150 valence electrons. The van der Waals surface area contributed by atoms with Gasteiger partial charge in [0, 0.05) is 35.6 Å². The number of thiazole rings is 1. The van der Waals surface area contributed by atoms with E-state index in [0.29, 0.717) is 18.7 Å². The van der Waals surface area contributed by atoms with Gasteiger partial charge in [-0.05, 0) is 29.8 Å². The lowest BCUT2D eigenvalue weighted by atomic mass is 10.1. The molecule has 1 amide bonds. The van der Waals surface area contributed by atoms with Gasteiger partial charge in [0.2, 0.25) is 0 Å². The van der Waals surface area contributed by atoms with E-state index in [1.807, 2.05) is 36.4 Å². The zero-order valence-corrected chi connectivity index (χ0v) is 17.5. The molecule has 0 radical (unpaired) electrons. The average Bonchev–Trinajstić information content (AvgIpc) is 3.20. The molecule has 1 unspecified atom stereocenters. The summed E-state index contributed by atoms with van der Waals surface area (Å²) in [5, 5.41) is 6.63. The van der Waals surface area contributed by atoms with Gasteiger partial charge in [-0.3, -0.25) is 9.69 Å². The SMILES string of the molecule is O=C(NCc1nc(CN2CCOC(c3cccc(Cl)c3)C2)cs1)c1ccccc1. The number of rotatable bonds is 6. The molecular weight excluding hydrogens is 406 g/mol. The van der Waals surface area contributed by atoms with E-state index in [1.54, 1.807) is 23.5 Å². The number of halogens is 1. The third kappa shape index (κ3) is 5.42. The van der Waals surface area contributed by atoms with Gasteiger partial charge in [-0.1, -0.05) is 41.9 Å². The lowest BCUT2D eigenvalue weighted by Gasteiger charge is -2.32. The van der Waals surface area contributed by atoms with Crippen molar-refractivity contribution >= 4 is 28.8 Å². The fourth-order valence-corrected chi connectivity index (χ4v) is 4.26. The van der Waals surface area contributed by atoms with Crippen LogP contribution < -0.4 is 5.32 Å². The van der Waals surface area contributed by atoms with Crippen LogP contribution in [0.4, 0.5) is 0 Å². The molecule has 4 rings (SSSR count). The zero-order valence-electron chi connectivity index (χ0n) is 15.9. The number of benzene rings is 2. The lowest BCUT2D eigenvalue weighted by molar-refractivity contribution is -0.0332. The fraction of sp³-hybridized carbons (Fsp3) is 0.273. The van der Waals surface area contributed by atoms with Crippen molar-refractivity contribution < 1.29 is 9.53 Å². The number of ether oxygens (including phenoxy) is 1. The molecule has 2 aromatic carbocycles. The smallest absolute Gasteiger partial charge is 0.251 e. The van der Waals surface area contributed by atoms with Gasteiger partial charge in [0.1, 0.15) is 5.01 Å². The van der Waals surface area contributed by atoms with Crippen molar-refractivity contribution in [3.8, 4) is 0 Å². The highest BCUT2D eigenvalue weighted by Crippen LogP contribution is 2.25. The molecule has 1 fully saturated rings. The summed E-state index contributed by atoms with van der Waals surface area (Å²) in [5.74, 6) is -0.0834. The molecule has 2 heterocycles. The minimum Gasteiger partial charge on any atom is -0.371 e. The third-order valence-electron chi connectivity index (χ3n) is 4.79. The highest BCUT2D eigenvalue weighted by atomic mass is 35.5. The zero-order chi connectivity index (χ0) is 20.1. The monoisotopic (exact) mass is 427 g/mol. The summed E-state index contributed by atoms with van der Waals surface area (Å²) < 4.78 is 5.93. The van der Waals surface area contributed by atoms with Crippen molar-refractivity contribution in [2.45, 2.75) is 19.2 Å². The Morgan fingerprint density at radius 1 is 1.24 bits per heavy atom. The summed E-state index contributed by atoms with van der Waals surface area (Å²) in [5.41, 5.74) is 2.78. The Labute approximate surface area is 179 Å².